The number of aromatic nitrogens is 3. The maximum Gasteiger partial charge on any atom is 0.203 e. The highest BCUT2D eigenvalue weighted by atomic mass is 16.5. The molecule has 1 saturated heterocycles. The van der Waals surface area contributed by atoms with Gasteiger partial charge >= 0.3 is 0 Å². The van der Waals surface area contributed by atoms with Gasteiger partial charge < -0.3 is 19.5 Å². The summed E-state index contributed by atoms with van der Waals surface area (Å²) in [6.45, 7) is 3.73. The number of hydrogen-bond donors (Lipinski definition) is 1. The van der Waals surface area contributed by atoms with Crippen molar-refractivity contribution in [3.05, 3.63) is 42.6 Å². The van der Waals surface area contributed by atoms with Crippen LogP contribution in [0.2, 0.25) is 0 Å². The van der Waals surface area contributed by atoms with Crippen molar-refractivity contribution in [2.75, 3.05) is 43.1 Å². The fourth-order valence-electron chi connectivity index (χ4n) is 2.94. The molecule has 1 aliphatic rings. The normalized spacial score (nSPS) is 15.2. The summed E-state index contributed by atoms with van der Waals surface area (Å²) in [7, 11) is 1.68. The van der Waals surface area contributed by atoms with E-state index in [4.69, 9.17) is 9.72 Å². The molecule has 2 aromatic heterocycles. The first-order valence-electron chi connectivity index (χ1n) is 7.78. The number of H-pyrrole nitrogens is 1. The van der Waals surface area contributed by atoms with Gasteiger partial charge in [0.15, 0.2) is 0 Å². The lowest BCUT2D eigenvalue weighted by Crippen LogP contribution is -2.47. The molecule has 1 N–H and O–H groups in total. The highest BCUT2D eigenvalue weighted by molar-refractivity contribution is 5.79. The van der Waals surface area contributed by atoms with Gasteiger partial charge in [0.1, 0.15) is 11.6 Å². The number of anilines is 2. The average molecular weight is 309 g/mol. The SMILES string of the molecule is COc1ccc2nc(N3CCN(c4ccccn4)CC3)[nH]c2c1. The molecule has 0 saturated carbocycles. The molecule has 1 aliphatic heterocycles. The van der Waals surface area contributed by atoms with Crippen molar-refractivity contribution in [3.8, 4) is 5.75 Å². The summed E-state index contributed by atoms with van der Waals surface area (Å²) in [6, 6.07) is 11.9. The van der Waals surface area contributed by atoms with Gasteiger partial charge in [-0.2, -0.15) is 0 Å². The Hall–Kier alpha value is -2.76. The van der Waals surface area contributed by atoms with Crippen LogP contribution in [0, 0.1) is 0 Å². The van der Waals surface area contributed by atoms with Crippen molar-refractivity contribution in [1.29, 1.82) is 0 Å². The van der Waals surface area contributed by atoms with Crippen LogP contribution in [-0.2, 0) is 0 Å². The lowest BCUT2D eigenvalue weighted by atomic mass is 10.3. The number of hydrogen-bond acceptors (Lipinski definition) is 5. The minimum atomic E-state index is 0.840. The summed E-state index contributed by atoms with van der Waals surface area (Å²) in [5, 5.41) is 0. The van der Waals surface area contributed by atoms with Crippen molar-refractivity contribution in [2.45, 2.75) is 0 Å². The zero-order chi connectivity index (χ0) is 15.6. The number of nitrogens with one attached hydrogen (secondary N) is 1. The maximum absolute atomic E-state index is 5.27. The van der Waals surface area contributed by atoms with Gasteiger partial charge in [-0.05, 0) is 24.3 Å². The summed E-state index contributed by atoms with van der Waals surface area (Å²) < 4.78 is 5.27. The maximum atomic E-state index is 5.27. The third kappa shape index (κ3) is 2.67. The molecule has 3 heterocycles. The van der Waals surface area contributed by atoms with Gasteiger partial charge in [0.25, 0.3) is 0 Å². The third-order valence-corrected chi connectivity index (χ3v) is 4.23. The molecule has 4 rings (SSSR count). The molecule has 0 aliphatic carbocycles. The number of benzene rings is 1. The molecule has 23 heavy (non-hydrogen) atoms. The Morgan fingerprint density at radius 3 is 2.61 bits per heavy atom. The van der Waals surface area contributed by atoms with Crippen LogP contribution in [-0.4, -0.2) is 48.2 Å². The molecule has 0 spiro atoms. The van der Waals surface area contributed by atoms with E-state index in [9.17, 15) is 0 Å². The average Bonchev–Trinajstić information content (AvgIpc) is 3.05. The van der Waals surface area contributed by atoms with Crippen LogP contribution in [0.25, 0.3) is 11.0 Å². The van der Waals surface area contributed by atoms with Crippen LogP contribution < -0.4 is 14.5 Å². The van der Waals surface area contributed by atoms with Crippen LogP contribution in [0.4, 0.5) is 11.8 Å². The smallest absolute Gasteiger partial charge is 0.203 e. The first-order valence-corrected chi connectivity index (χ1v) is 7.78. The first kappa shape index (κ1) is 13.9. The molecule has 3 aromatic rings. The second kappa shape index (κ2) is 5.79. The fraction of sp³-hybridized carbons (Fsp3) is 0.294. The van der Waals surface area contributed by atoms with Crippen LogP contribution >= 0.6 is 0 Å². The zero-order valence-electron chi connectivity index (χ0n) is 13.1. The van der Waals surface area contributed by atoms with Gasteiger partial charge in [-0.15, -0.1) is 0 Å². The molecule has 0 radical (unpaired) electrons. The molecule has 0 amide bonds. The second-order valence-corrected chi connectivity index (χ2v) is 5.61. The van der Waals surface area contributed by atoms with E-state index in [1.165, 1.54) is 0 Å². The minimum absolute atomic E-state index is 0.840. The molecule has 0 atom stereocenters. The van der Waals surface area contributed by atoms with Crippen LogP contribution in [0.5, 0.6) is 5.75 Å². The number of nitrogens with zero attached hydrogens (tertiary/aromatic N) is 4. The molecule has 118 valence electrons. The molecule has 6 heteroatoms. The number of piperazine rings is 1. The molecule has 1 fully saturated rings. The summed E-state index contributed by atoms with van der Waals surface area (Å²) >= 11 is 0. The molecule has 1 aromatic carbocycles. The Morgan fingerprint density at radius 2 is 1.87 bits per heavy atom. The van der Waals surface area contributed by atoms with Crippen molar-refractivity contribution < 1.29 is 4.74 Å². The lowest BCUT2D eigenvalue weighted by Gasteiger charge is -2.35. The highest BCUT2D eigenvalue weighted by Gasteiger charge is 2.20. The number of aromatic amines is 1. The lowest BCUT2D eigenvalue weighted by molar-refractivity contribution is 0.415. The Morgan fingerprint density at radius 1 is 1.04 bits per heavy atom. The van der Waals surface area contributed by atoms with E-state index in [1.807, 2.05) is 36.5 Å². The Bertz CT molecular complexity index is 793. The largest absolute Gasteiger partial charge is 0.497 e. The van der Waals surface area contributed by atoms with Gasteiger partial charge in [0.2, 0.25) is 5.95 Å². The number of ether oxygens (including phenoxy) is 1. The number of pyridine rings is 1. The van der Waals surface area contributed by atoms with E-state index in [0.717, 1.165) is 54.7 Å². The summed E-state index contributed by atoms with van der Waals surface area (Å²) in [5.41, 5.74) is 1.97. The van der Waals surface area contributed by atoms with E-state index in [-0.39, 0.29) is 0 Å². The van der Waals surface area contributed by atoms with Crippen molar-refractivity contribution >= 4 is 22.8 Å². The zero-order valence-corrected chi connectivity index (χ0v) is 13.1. The van der Waals surface area contributed by atoms with Gasteiger partial charge in [0, 0.05) is 38.4 Å². The summed E-state index contributed by atoms with van der Waals surface area (Å²) in [6.07, 6.45) is 1.84. The highest BCUT2D eigenvalue weighted by Crippen LogP contribution is 2.23. The number of imidazole rings is 1. The topological polar surface area (TPSA) is 57.3 Å². The van der Waals surface area contributed by atoms with Crippen LogP contribution in [0.15, 0.2) is 42.6 Å². The van der Waals surface area contributed by atoms with E-state index in [0.29, 0.717) is 0 Å². The minimum Gasteiger partial charge on any atom is -0.497 e. The standard InChI is InChI=1S/C17H19N5O/c1-23-13-5-6-14-15(12-13)20-17(19-14)22-10-8-21(9-11-22)16-4-2-3-7-18-16/h2-7,12H,8-11H2,1H3,(H,19,20). The van der Waals surface area contributed by atoms with Crippen molar-refractivity contribution in [1.82, 2.24) is 15.0 Å². The summed E-state index contributed by atoms with van der Waals surface area (Å²) in [5.74, 6) is 2.81. The van der Waals surface area contributed by atoms with Crippen LogP contribution in [0.1, 0.15) is 0 Å². The van der Waals surface area contributed by atoms with Gasteiger partial charge in [-0.25, -0.2) is 9.97 Å². The number of rotatable bonds is 3. The van der Waals surface area contributed by atoms with E-state index >= 15 is 0 Å². The third-order valence-electron chi connectivity index (χ3n) is 4.23. The predicted octanol–water partition coefficient (Wildman–Crippen LogP) is 2.29. The molecule has 0 bridgehead atoms. The number of methoxy groups -OCH3 is 1. The van der Waals surface area contributed by atoms with Crippen molar-refractivity contribution in [2.24, 2.45) is 0 Å². The Labute approximate surface area is 134 Å². The van der Waals surface area contributed by atoms with Crippen LogP contribution in [0.3, 0.4) is 0 Å². The van der Waals surface area contributed by atoms with Crippen molar-refractivity contribution in [3.63, 3.8) is 0 Å². The Balaban J connectivity index is 1.50. The monoisotopic (exact) mass is 309 g/mol. The molecular weight excluding hydrogens is 290 g/mol. The molecule has 6 nitrogen and oxygen atoms in total. The fourth-order valence-corrected chi connectivity index (χ4v) is 2.94. The van der Waals surface area contributed by atoms with E-state index < -0.39 is 0 Å². The van der Waals surface area contributed by atoms with E-state index in [2.05, 4.69) is 25.8 Å². The molecular formula is C17H19N5O. The van der Waals surface area contributed by atoms with Gasteiger partial charge in [0.05, 0.1) is 18.1 Å². The summed E-state index contributed by atoms with van der Waals surface area (Å²) in [4.78, 5) is 17.1. The Kier molecular flexibility index (Phi) is 3.49. The first-order chi connectivity index (χ1) is 11.3. The number of fused-ring (bicyclic) bond motifs is 1. The second-order valence-electron chi connectivity index (χ2n) is 5.61. The predicted molar refractivity (Wildman–Crippen MR) is 91.3 cm³/mol. The quantitative estimate of drug-likeness (QED) is 0.804. The van der Waals surface area contributed by atoms with Gasteiger partial charge in [-0.1, -0.05) is 6.07 Å². The molecule has 0 unspecified atom stereocenters. The van der Waals surface area contributed by atoms with E-state index in [1.54, 1.807) is 7.11 Å². The van der Waals surface area contributed by atoms with Gasteiger partial charge in [-0.3, -0.25) is 0 Å².